The van der Waals surface area contributed by atoms with Crippen LogP contribution in [0.3, 0.4) is 0 Å². The van der Waals surface area contributed by atoms with E-state index in [0.29, 0.717) is 15.9 Å². The minimum Gasteiger partial charge on any atom is -0.308 e. The number of anilines is 1. The fourth-order valence-electron chi connectivity index (χ4n) is 2.98. The summed E-state index contributed by atoms with van der Waals surface area (Å²) in [6, 6.07) is 12.3. The van der Waals surface area contributed by atoms with Gasteiger partial charge in [0.05, 0.1) is 11.8 Å². The van der Waals surface area contributed by atoms with E-state index in [0.717, 1.165) is 22.6 Å². The number of hydrogen-bond donors (Lipinski definition) is 2. The Morgan fingerprint density at radius 1 is 1.09 bits per heavy atom. The van der Waals surface area contributed by atoms with Crippen molar-refractivity contribution in [1.29, 1.82) is 0 Å². The summed E-state index contributed by atoms with van der Waals surface area (Å²) in [7, 11) is 3.92. The van der Waals surface area contributed by atoms with Crippen LogP contribution in [0.2, 0.25) is 5.02 Å². The lowest BCUT2D eigenvalue weighted by atomic mass is 10.1. The normalized spacial score (nSPS) is 12.0. The van der Waals surface area contributed by atoms with Crippen molar-refractivity contribution in [2.45, 2.75) is 32.0 Å². The molecule has 1 aromatic heterocycles. The van der Waals surface area contributed by atoms with Crippen LogP contribution in [-0.4, -0.2) is 51.5 Å². The molecule has 2 aromatic carbocycles. The molecule has 0 saturated carbocycles. The van der Waals surface area contributed by atoms with Crippen molar-refractivity contribution in [1.82, 2.24) is 25.0 Å². The lowest BCUT2D eigenvalue weighted by Crippen LogP contribution is -2.35. The van der Waals surface area contributed by atoms with Crippen LogP contribution in [0.5, 0.6) is 0 Å². The Balaban J connectivity index is 1.69. The highest BCUT2D eigenvalue weighted by atomic mass is 35.5. The predicted molar refractivity (Wildman–Crippen MR) is 132 cm³/mol. The highest BCUT2D eigenvalue weighted by molar-refractivity contribution is 7.99. The topological polar surface area (TPSA) is 92.2 Å². The summed E-state index contributed by atoms with van der Waals surface area (Å²) in [5, 5.41) is 14.8. The Hall–Kier alpha value is -2.88. The number of carbonyl (C=O) groups excluding carboxylic acids is 2. The zero-order chi connectivity index (χ0) is 24.1. The van der Waals surface area contributed by atoms with Crippen molar-refractivity contribution in [2.75, 3.05) is 25.2 Å². The quantitative estimate of drug-likeness (QED) is 0.474. The van der Waals surface area contributed by atoms with Gasteiger partial charge in [-0.2, -0.15) is 0 Å². The molecule has 1 unspecified atom stereocenters. The highest BCUT2D eigenvalue weighted by Gasteiger charge is 2.22. The first-order valence-electron chi connectivity index (χ1n) is 10.3. The minimum absolute atomic E-state index is 0.00239. The number of aromatic nitrogens is 3. The third-order valence-electron chi connectivity index (χ3n) is 5.24. The van der Waals surface area contributed by atoms with Crippen LogP contribution in [0.4, 0.5) is 10.5 Å². The summed E-state index contributed by atoms with van der Waals surface area (Å²) in [4.78, 5) is 26.6. The third kappa shape index (κ3) is 6.34. The summed E-state index contributed by atoms with van der Waals surface area (Å²) >= 11 is 7.25. The van der Waals surface area contributed by atoms with E-state index in [1.807, 2.05) is 68.6 Å². The maximum Gasteiger partial charge on any atom is 0.325 e. The lowest BCUT2D eigenvalue weighted by Gasteiger charge is -2.20. The Labute approximate surface area is 202 Å². The molecule has 1 atom stereocenters. The van der Waals surface area contributed by atoms with Crippen molar-refractivity contribution in [2.24, 2.45) is 0 Å². The number of aryl methyl sites for hydroxylation is 2. The minimum atomic E-state index is -0.579. The molecule has 174 valence electrons. The fourth-order valence-corrected chi connectivity index (χ4v) is 3.87. The summed E-state index contributed by atoms with van der Waals surface area (Å²) in [5.74, 6) is 0.300. The number of carbonyl (C=O) groups is 2. The monoisotopic (exact) mass is 486 g/mol. The summed E-state index contributed by atoms with van der Waals surface area (Å²) in [5.41, 5.74) is 3.64. The molecule has 0 saturated heterocycles. The molecule has 0 bridgehead atoms. The number of amides is 3. The second-order valence-corrected chi connectivity index (χ2v) is 9.26. The molecule has 1 heterocycles. The van der Waals surface area contributed by atoms with Gasteiger partial charge in [0.1, 0.15) is 0 Å². The van der Waals surface area contributed by atoms with Gasteiger partial charge >= 0.3 is 6.03 Å². The van der Waals surface area contributed by atoms with Gasteiger partial charge in [-0.05, 0) is 82.4 Å². The number of imide groups is 1. The van der Waals surface area contributed by atoms with E-state index in [9.17, 15) is 9.59 Å². The number of halogens is 1. The number of rotatable bonds is 7. The number of urea groups is 1. The molecular formula is C23H27ClN6O2S. The zero-order valence-corrected chi connectivity index (χ0v) is 20.8. The molecule has 3 aromatic rings. The van der Waals surface area contributed by atoms with Crippen LogP contribution in [0.1, 0.15) is 29.9 Å². The SMILES string of the molecule is Cc1ccc(NC(=O)NC(=O)CSc2nnc(C(C)N(C)C)n2-c2ccc(Cl)cc2)cc1C. The number of nitrogens with one attached hydrogen (secondary N) is 2. The molecule has 8 nitrogen and oxygen atoms in total. The molecule has 33 heavy (non-hydrogen) atoms. The number of thioether (sulfide) groups is 1. The van der Waals surface area contributed by atoms with Crippen molar-refractivity contribution >= 4 is 41.0 Å². The first kappa shape index (κ1) is 24.8. The van der Waals surface area contributed by atoms with Crippen LogP contribution >= 0.6 is 23.4 Å². The highest BCUT2D eigenvalue weighted by Crippen LogP contribution is 2.27. The first-order valence-corrected chi connectivity index (χ1v) is 11.7. The fraction of sp³-hybridized carbons (Fsp3) is 0.304. The van der Waals surface area contributed by atoms with Crippen molar-refractivity contribution in [3.63, 3.8) is 0 Å². The molecule has 3 rings (SSSR count). The van der Waals surface area contributed by atoms with Gasteiger partial charge in [0.25, 0.3) is 0 Å². The standard InChI is InChI=1S/C23H27ClN6O2S/c1-14-6-9-18(12-15(14)2)25-22(32)26-20(31)13-33-23-28-27-21(16(3)29(4)5)30(23)19-10-7-17(24)8-11-19/h6-12,16H,13H2,1-5H3,(H2,25,26,31,32). The summed E-state index contributed by atoms with van der Waals surface area (Å²) in [6.45, 7) is 5.98. The van der Waals surface area contributed by atoms with Gasteiger partial charge in [0.15, 0.2) is 11.0 Å². The van der Waals surface area contributed by atoms with Gasteiger partial charge < -0.3 is 5.32 Å². The molecular weight excluding hydrogens is 460 g/mol. The zero-order valence-electron chi connectivity index (χ0n) is 19.2. The molecule has 10 heteroatoms. The molecule has 0 spiro atoms. The van der Waals surface area contributed by atoms with E-state index < -0.39 is 11.9 Å². The van der Waals surface area contributed by atoms with Crippen LogP contribution in [0.25, 0.3) is 5.69 Å². The molecule has 0 radical (unpaired) electrons. The largest absolute Gasteiger partial charge is 0.325 e. The van der Waals surface area contributed by atoms with Crippen LogP contribution in [0, 0.1) is 13.8 Å². The Morgan fingerprint density at radius 3 is 2.42 bits per heavy atom. The van der Waals surface area contributed by atoms with E-state index in [2.05, 4.69) is 20.8 Å². The van der Waals surface area contributed by atoms with Gasteiger partial charge in [0.2, 0.25) is 5.91 Å². The van der Waals surface area contributed by atoms with Crippen molar-refractivity contribution in [3.05, 3.63) is 64.4 Å². The van der Waals surface area contributed by atoms with E-state index in [-0.39, 0.29) is 11.8 Å². The van der Waals surface area contributed by atoms with Gasteiger partial charge in [-0.25, -0.2) is 4.79 Å². The summed E-state index contributed by atoms with van der Waals surface area (Å²) in [6.07, 6.45) is 0. The average molecular weight is 487 g/mol. The maximum absolute atomic E-state index is 12.4. The van der Waals surface area contributed by atoms with Crippen LogP contribution in [-0.2, 0) is 4.79 Å². The molecule has 3 amide bonds. The molecule has 2 N–H and O–H groups in total. The second kappa shape index (κ2) is 10.8. The van der Waals surface area contributed by atoms with Gasteiger partial charge in [-0.3, -0.25) is 19.6 Å². The first-order chi connectivity index (χ1) is 15.7. The van der Waals surface area contributed by atoms with E-state index in [1.165, 1.54) is 11.8 Å². The predicted octanol–water partition coefficient (Wildman–Crippen LogP) is 4.60. The van der Waals surface area contributed by atoms with Crippen LogP contribution < -0.4 is 10.6 Å². The Bertz CT molecular complexity index is 1150. The Kier molecular flexibility index (Phi) is 8.12. The number of nitrogens with zero attached hydrogens (tertiary/aromatic N) is 4. The average Bonchev–Trinajstić information content (AvgIpc) is 3.18. The van der Waals surface area contributed by atoms with Crippen LogP contribution in [0.15, 0.2) is 47.6 Å². The van der Waals surface area contributed by atoms with E-state index in [4.69, 9.17) is 11.6 Å². The van der Waals surface area contributed by atoms with Gasteiger partial charge in [-0.1, -0.05) is 29.4 Å². The molecule has 0 aliphatic heterocycles. The number of hydrogen-bond acceptors (Lipinski definition) is 6. The molecule has 0 fully saturated rings. The molecule has 0 aliphatic carbocycles. The van der Waals surface area contributed by atoms with Crippen molar-refractivity contribution in [3.8, 4) is 5.69 Å². The maximum atomic E-state index is 12.4. The second-order valence-electron chi connectivity index (χ2n) is 7.88. The van der Waals surface area contributed by atoms with Gasteiger partial charge in [0, 0.05) is 16.4 Å². The van der Waals surface area contributed by atoms with Gasteiger partial charge in [-0.15, -0.1) is 10.2 Å². The smallest absolute Gasteiger partial charge is 0.308 e. The van der Waals surface area contributed by atoms with E-state index in [1.54, 1.807) is 18.2 Å². The lowest BCUT2D eigenvalue weighted by molar-refractivity contribution is -0.117. The Morgan fingerprint density at radius 2 is 1.79 bits per heavy atom. The number of benzene rings is 2. The summed E-state index contributed by atoms with van der Waals surface area (Å²) < 4.78 is 1.90. The third-order valence-corrected chi connectivity index (χ3v) is 6.42. The molecule has 0 aliphatic rings. The van der Waals surface area contributed by atoms with Crippen molar-refractivity contribution < 1.29 is 9.59 Å². The van der Waals surface area contributed by atoms with E-state index >= 15 is 0 Å².